The van der Waals surface area contributed by atoms with Crippen LogP contribution < -0.4 is 19.8 Å². The number of thiazole rings is 1. The fourth-order valence-corrected chi connectivity index (χ4v) is 3.64. The van der Waals surface area contributed by atoms with Crippen LogP contribution in [0, 0.1) is 13.8 Å². The zero-order valence-electron chi connectivity index (χ0n) is 13.5. The van der Waals surface area contributed by atoms with Gasteiger partial charge in [-0.05, 0) is 49.2 Å². The average molecular weight is 339 g/mol. The van der Waals surface area contributed by atoms with Gasteiger partial charge >= 0.3 is 0 Å². The molecule has 0 spiro atoms. The van der Waals surface area contributed by atoms with Gasteiger partial charge in [-0.3, -0.25) is 9.36 Å². The van der Waals surface area contributed by atoms with Gasteiger partial charge in [0.2, 0.25) is 0 Å². The number of furan rings is 1. The van der Waals surface area contributed by atoms with Crippen molar-refractivity contribution >= 4 is 23.1 Å². The Morgan fingerprint density at radius 2 is 2.12 bits per heavy atom. The molecule has 0 radical (unpaired) electrons. The molecule has 0 saturated heterocycles. The van der Waals surface area contributed by atoms with E-state index >= 15 is 0 Å². The maximum atomic E-state index is 12.7. The molecule has 3 heterocycles. The zero-order chi connectivity index (χ0) is 16.7. The van der Waals surface area contributed by atoms with E-state index in [0.717, 1.165) is 10.5 Å². The number of anilines is 1. The first kappa shape index (κ1) is 15.0. The Kier molecular flexibility index (Phi) is 3.61. The molecule has 3 aromatic rings. The van der Waals surface area contributed by atoms with Gasteiger partial charge in [0.25, 0.3) is 5.56 Å². The normalized spacial score (nSPS) is 14.6. The lowest BCUT2D eigenvalue weighted by Crippen LogP contribution is -2.42. The summed E-state index contributed by atoms with van der Waals surface area (Å²) in [5, 5.41) is 0. The Bertz CT molecular complexity index is 1060. The molecule has 1 aliphatic heterocycles. The van der Waals surface area contributed by atoms with E-state index in [1.807, 2.05) is 12.1 Å². The third-order valence-corrected chi connectivity index (χ3v) is 5.29. The standard InChI is InChI=1S/C18H17N3O2S/c1-12-5-6-14(8-13(12)2)20-10-19-18-21(11-20)17(22)16(24-18)9-15-4-3-7-23-15/h3-9H,10-11H2,1-2H3/b16-9-. The van der Waals surface area contributed by atoms with Crippen molar-refractivity contribution in [3.05, 3.63) is 73.2 Å². The second-order valence-corrected chi connectivity index (χ2v) is 6.90. The molecule has 0 saturated carbocycles. The minimum Gasteiger partial charge on any atom is -0.465 e. The van der Waals surface area contributed by atoms with E-state index < -0.39 is 0 Å². The van der Waals surface area contributed by atoms with Crippen LogP contribution in [0.4, 0.5) is 5.69 Å². The molecule has 122 valence electrons. The smallest absolute Gasteiger partial charge is 0.271 e. The molecule has 2 aromatic heterocycles. The minimum absolute atomic E-state index is 0.0244. The number of nitrogens with zero attached hydrogens (tertiary/aromatic N) is 3. The fraction of sp³-hybridized carbons (Fsp3) is 0.222. The largest absolute Gasteiger partial charge is 0.465 e. The summed E-state index contributed by atoms with van der Waals surface area (Å²) < 4.78 is 7.67. The summed E-state index contributed by atoms with van der Waals surface area (Å²) in [5.41, 5.74) is 3.56. The summed E-state index contributed by atoms with van der Waals surface area (Å²) in [6, 6.07) is 9.97. The van der Waals surface area contributed by atoms with E-state index in [1.54, 1.807) is 16.9 Å². The van der Waals surface area contributed by atoms with Crippen LogP contribution in [-0.4, -0.2) is 11.2 Å². The van der Waals surface area contributed by atoms with Gasteiger partial charge in [-0.25, -0.2) is 4.99 Å². The summed E-state index contributed by atoms with van der Waals surface area (Å²) >= 11 is 1.40. The van der Waals surface area contributed by atoms with Gasteiger partial charge < -0.3 is 9.32 Å². The summed E-state index contributed by atoms with van der Waals surface area (Å²) in [6.07, 6.45) is 3.37. The van der Waals surface area contributed by atoms with Crippen molar-refractivity contribution in [2.75, 3.05) is 11.6 Å². The zero-order valence-corrected chi connectivity index (χ0v) is 14.3. The Balaban J connectivity index is 1.72. The number of rotatable bonds is 2. The maximum absolute atomic E-state index is 12.7. The van der Waals surface area contributed by atoms with Gasteiger partial charge in [-0.15, -0.1) is 0 Å². The molecule has 0 amide bonds. The first-order valence-corrected chi connectivity index (χ1v) is 8.55. The number of hydrogen-bond acceptors (Lipinski definition) is 5. The summed E-state index contributed by atoms with van der Waals surface area (Å²) in [5.74, 6) is 0.678. The highest BCUT2D eigenvalue weighted by Gasteiger charge is 2.16. The lowest BCUT2D eigenvalue weighted by molar-refractivity contribution is 0.556. The van der Waals surface area contributed by atoms with Crippen molar-refractivity contribution in [1.29, 1.82) is 0 Å². The molecule has 0 fully saturated rings. The van der Waals surface area contributed by atoms with Crippen molar-refractivity contribution in [2.45, 2.75) is 20.5 Å². The first-order valence-electron chi connectivity index (χ1n) is 7.73. The molecular formula is C18H17N3O2S. The molecule has 6 heteroatoms. The van der Waals surface area contributed by atoms with Crippen LogP contribution in [0.1, 0.15) is 16.9 Å². The monoisotopic (exact) mass is 339 g/mol. The summed E-state index contributed by atoms with van der Waals surface area (Å²) in [4.78, 5) is 20.1. The topological polar surface area (TPSA) is 50.7 Å². The Hall–Kier alpha value is -2.60. The Morgan fingerprint density at radius 3 is 2.88 bits per heavy atom. The van der Waals surface area contributed by atoms with Crippen molar-refractivity contribution in [2.24, 2.45) is 4.99 Å². The lowest BCUT2D eigenvalue weighted by Gasteiger charge is -2.26. The van der Waals surface area contributed by atoms with Crippen LogP contribution in [0.25, 0.3) is 6.08 Å². The SMILES string of the molecule is Cc1ccc(N2CN=c3s/c(=C\c4ccco4)c(=O)n3C2)cc1C. The van der Waals surface area contributed by atoms with Gasteiger partial charge in [0.1, 0.15) is 19.1 Å². The number of aromatic nitrogens is 1. The number of aryl methyl sites for hydroxylation is 2. The van der Waals surface area contributed by atoms with Gasteiger partial charge in [-0.1, -0.05) is 17.4 Å². The summed E-state index contributed by atoms with van der Waals surface area (Å²) in [6.45, 7) is 5.27. The molecule has 24 heavy (non-hydrogen) atoms. The van der Waals surface area contributed by atoms with Crippen LogP contribution >= 0.6 is 11.3 Å². The second kappa shape index (κ2) is 5.79. The highest BCUT2D eigenvalue weighted by Crippen LogP contribution is 2.19. The molecule has 0 unspecified atom stereocenters. The number of hydrogen-bond donors (Lipinski definition) is 0. The van der Waals surface area contributed by atoms with Crippen LogP contribution in [0.5, 0.6) is 0 Å². The van der Waals surface area contributed by atoms with Crippen molar-refractivity contribution < 1.29 is 4.42 Å². The van der Waals surface area contributed by atoms with Crippen molar-refractivity contribution in [1.82, 2.24) is 4.57 Å². The summed E-state index contributed by atoms with van der Waals surface area (Å²) in [7, 11) is 0. The van der Waals surface area contributed by atoms with Gasteiger partial charge in [-0.2, -0.15) is 0 Å². The molecule has 1 aromatic carbocycles. The van der Waals surface area contributed by atoms with E-state index in [-0.39, 0.29) is 5.56 Å². The quantitative estimate of drug-likeness (QED) is 0.718. The number of fused-ring (bicyclic) bond motifs is 1. The molecule has 0 bridgehead atoms. The molecule has 5 nitrogen and oxygen atoms in total. The Morgan fingerprint density at radius 1 is 1.25 bits per heavy atom. The van der Waals surface area contributed by atoms with E-state index in [2.05, 4.69) is 41.9 Å². The second-order valence-electron chi connectivity index (χ2n) is 5.89. The van der Waals surface area contributed by atoms with Crippen LogP contribution in [0.2, 0.25) is 0 Å². The van der Waals surface area contributed by atoms with Gasteiger partial charge in [0.05, 0.1) is 10.8 Å². The molecule has 0 aliphatic carbocycles. The maximum Gasteiger partial charge on any atom is 0.271 e. The third-order valence-electron chi connectivity index (χ3n) is 4.25. The predicted molar refractivity (Wildman–Crippen MR) is 94.9 cm³/mol. The van der Waals surface area contributed by atoms with Crippen LogP contribution in [-0.2, 0) is 6.67 Å². The highest BCUT2D eigenvalue weighted by molar-refractivity contribution is 7.07. The molecule has 1 aliphatic rings. The molecule has 4 rings (SSSR count). The first-order chi connectivity index (χ1) is 11.6. The minimum atomic E-state index is -0.0244. The average Bonchev–Trinajstić information content (AvgIpc) is 3.19. The predicted octanol–water partition coefficient (Wildman–Crippen LogP) is 2.00. The van der Waals surface area contributed by atoms with E-state index in [9.17, 15) is 4.79 Å². The number of benzene rings is 1. The highest BCUT2D eigenvalue weighted by atomic mass is 32.1. The van der Waals surface area contributed by atoms with E-state index in [4.69, 9.17) is 4.42 Å². The Labute approximate surface area is 142 Å². The van der Waals surface area contributed by atoms with Gasteiger partial charge in [0.15, 0.2) is 4.80 Å². The third kappa shape index (κ3) is 2.59. The van der Waals surface area contributed by atoms with Crippen LogP contribution in [0.15, 0.2) is 50.8 Å². The van der Waals surface area contributed by atoms with Crippen molar-refractivity contribution in [3.63, 3.8) is 0 Å². The van der Waals surface area contributed by atoms with Gasteiger partial charge in [0, 0.05) is 11.8 Å². The molecule has 0 atom stereocenters. The van der Waals surface area contributed by atoms with E-state index in [1.165, 1.54) is 22.5 Å². The van der Waals surface area contributed by atoms with Crippen molar-refractivity contribution in [3.8, 4) is 0 Å². The van der Waals surface area contributed by atoms with E-state index in [0.29, 0.717) is 23.6 Å². The lowest BCUT2D eigenvalue weighted by atomic mass is 10.1. The van der Waals surface area contributed by atoms with Crippen LogP contribution in [0.3, 0.4) is 0 Å². The molecular weight excluding hydrogens is 322 g/mol. The molecule has 0 N–H and O–H groups in total. The fourth-order valence-electron chi connectivity index (χ4n) is 2.70.